The molecule has 1 unspecified atom stereocenters. The zero-order valence-corrected chi connectivity index (χ0v) is 11.4. The zero-order chi connectivity index (χ0) is 14.4. The molecule has 0 radical (unpaired) electrons. The van der Waals surface area contributed by atoms with E-state index in [1.807, 2.05) is 0 Å². The number of nitrogens with one attached hydrogen (secondary N) is 1. The number of amides is 2. The van der Waals surface area contributed by atoms with Crippen LogP contribution in [-0.4, -0.2) is 29.6 Å². The Hall–Kier alpha value is -2.25. The normalized spacial score (nSPS) is 11.7. The van der Waals surface area contributed by atoms with Crippen LogP contribution in [0.3, 0.4) is 0 Å². The van der Waals surface area contributed by atoms with E-state index in [0.717, 1.165) is 0 Å². The number of aliphatic hydroxyl groups is 1. The summed E-state index contributed by atoms with van der Waals surface area (Å²) in [7, 11) is 0. The first kappa shape index (κ1) is 17.8. The second kappa shape index (κ2) is 8.03. The topological polar surface area (TPSA) is 144 Å². The first-order chi connectivity index (χ1) is 8.93. The molecular formula is C12H17ClN4O3. The molecule has 0 aliphatic carbocycles. The minimum absolute atomic E-state index is 0. The number of primary amides is 1. The molecular weight excluding hydrogens is 284 g/mol. The van der Waals surface area contributed by atoms with E-state index in [2.05, 4.69) is 5.32 Å². The summed E-state index contributed by atoms with van der Waals surface area (Å²) in [6.45, 7) is -0.560. The van der Waals surface area contributed by atoms with E-state index in [0.29, 0.717) is 16.9 Å². The fourth-order valence-electron chi connectivity index (χ4n) is 1.33. The number of nitrogens with two attached hydrogens (primary N) is 3. The van der Waals surface area contributed by atoms with Crippen LogP contribution in [0.1, 0.15) is 5.56 Å². The van der Waals surface area contributed by atoms with Crippen molar-refractivity contribution < 1.29 is 14.7 Å². The lowest BCUT2D eigenvalue weighted by Gasteiger charge is -2.10. The molecule has 7 nitrogen and oxygen atoms in total. The molecule has 1 rings (SSSR count). The van der Waals surface area contributed by atoms with E-state index >= 15 is 0 Å². The van der Waals surface area contributed by atoms with E-state index < -0.39 is 24.5 Å². The van der Waals surface area contributed by atoms with Gasteiger partial charge in [0, 0.05) is 17.5 Å². The van der Waals surface area contributed by atoms with Gasteiger partial charge in [0.25, 0.3) is 0 Å². The van der Waals surface area contributed by atoms with Crippen LogP contribution >= 0.6 is 12.4 Å². The third kappa shape index (κ3) is 5.17. The summed E-state index contributed by atoms with van der Waals surface area (Å²) in [5, 5.41) is 11.1. The fourth-order valence-corrected chi connectivity index (χ4v) is 1.33. The van der Waals surface area contributed by atoms with Crippen LogP contribution in [0.2, 0.25) is 0 Å². The minimum Gasteiger partial charge on any atom is -0.399 e. The summed E-state index contributed by atoms with van der Waals surface area (Å²) in [5.41, 5.74) is 17.8. The highest BCUT2D eigenvalue weighted by Gasteiger charge is 2.14. The van der Waals surface area contributed by atoms with Crippen LogP contribution in [0.4, 0.5) is 11.4 Å². The average molecular weight is 301 g/mol. The highest BCUT2D eigenvalue weighted by Crippen LogP contribution is 2.16. The van der Waals surface area contributed by atoms with Crippen molar-refractivity contribution in [3.63, 3.8) is 0 Å². The van der Waals surface area contributed by atoms with Gasteiger partial charge in [0.15, 0.2) is 0 Å². The number of halogens is 1. The molecule has 110 valence electrons. The average Bonchev–Trinajstić information content (AvgIpc) is 2.36. The molecule has 0 spiro atoms. The molecule has 8 heteroatoms. The van der Waals surface area contributed by atoms with E-state index in [9.17, 15) is 9.59 Å². The monoisotopic (exact) mass is 300 g/mol. The first-order valence-corrected chi connectivity index (χ1v) is 5.47. The molecule has 0 fully saturated rings. The molecule has 0 bridgehead atoms. The molecule has 1 aromatic rings. The molecule has 0 aromatic heterocycles. The van der Waals surface area contributed by atoms with Crippen molar-refractivity contribution in [2.24, 2.45) is 5.73 Å². The molecule has 1 aromatic carbocycles. The summed E-state index contributed by atoms with van der Waals surface area (Å²) in [6.07, 6.45) is 2.63. The second-order valence-electron chi connectivity index (χ2n) is 3.87. The minimum atomic E-state index is -1.12. The zero-order valence-electron chi connectivity index (χ0n) is 10.6. The number of carbonyl (C=O) groups excluding carboxylic acids is 2. The third-order valence-electron chi connectivity index (χ3n) is 2.37. The number of hydrogen-bond acceptors (Lipinski definition) is 5. The van der Waals surface area contributed by atoms with Crippen LogP contribution in [0, 0.1) is 0 Å². The quantitative estimate of drug-likeness (QED) is 0.359. The number of carbonyl (C=O) groups is 2. The molecule has 8 N–H and O–H groups in total. The van der Waals surface area contributed by atoms with Crippen molar-refractivity contribution in [2.45, 2.75) is 6.04 Å². The molecule has 2 amide bonds. The predicted octanol–water partition coefficient (Wildman–Crippen LogP) is -0.752. The Morgan fingerprint density at radius 2 is 2.00 bits per heavy atom. The number of benzene rings is 1. The van der Waals surface area contributed by atoms with Crippen LogP contribution < -0.4 is 22.5 Å². The Kier molecular flexibility index (Phi) is 7.12. The number of nitrogen functional groups attached to an aromatic ring is 2. The number of rotatable bonds is 5. The Bertz CT molecular complexity index is 519. The predicted molar refractivity (Wildman–Crippen MR) is 79.8 cm³/mol. The van der Waals surface area contributed by atoms with Crippen molar-refractivity contribution in [3.05, 3.63) is 29.8 Å². The smallest absolute Gasteiger partial charge is 0.244 e. The van der Waals surface area contributed by atoms with Gasteiger partial charge >= 0.3 is 0 Å². The molecule has 0 aliphatic rings. The van der Waals surface area contributed by atoms with Crippen LogP contribution in [0.5, 0.6) is 0 Å². The second-order valence-corrected chi connectivity index (χ2v) is 3.87. The maximum atomic E-state index is 11.5. The largest absolute Gasteiger partial charge is 0.399 e. The van der Waals surface area contributed by atoms with Crippen molar-refractivity contribution in [2.75, 3.05) is 18.1 Å². The van der Waals surface area contributed by atoms with Crippen LogP contribution in [0.15, 0.2) is 24.3 Å². The Morgan fingerprint density at radius 1 is 1.35 bits per heavy atom. The van der Waals surface area contributed by atoms with Gasteiger partial charge in [-0.05, 0) is 29.8 Å². The van der Waals surface area contributed by atoms with Gasteiger partial charge in [0.2, 0.25) is 11.8 Å². The summed E-state index contributed by atoms with van der Waals surface area (Å²) in [5.74, 6) is -1.38. The molecule has 0 saturated carbocycles. The highest BCUT2D eigenvalue weighted by molar-refractivity contribution is 5.95. The lowest BCUT2D eigenvalue weighted by atomic mass is 10.1. The summed E-state index contributed by atoms with van der Waals surface area (Å²) in [4.78, 5) is 22.3. The Balaban J connectivity index is 0.00000361. The van der Waals surface area contributed by atoms with Gasteiger partial charge in [-0.15, -0.1) is 12.4 Å². The number of aliphatic hydroxyl groups excluding tert-OH is 1. The lowest BCUT2D eigenvalue weighted by Crippen LogP contribution is -2.46. The van der Waals surface area contributed by atoms with Crippen LogP contribution in [0.25, 0.3) is 6.08 Å². The van der Waals surface area contributed by atoms with Gasteiger partial charge in [0.1, 0.15) is 6.04 Å². The Morgan fingerprint density at radius 3 is 2.55 bits per heavy atom. The van der Waals surface area contributed by atoms with E-state index in [1.54, 1.807) is 18.2 Å². The van der Waals surface area contributed by atoms with Crippen molar-refractivity contribution >= 4 is 41.7 Å². The first-order valence-electron chi connectivity index (χ1n) is 5.47. The van der Waals surface area contributed by atoms with E-state index in [4.69, 9.17) is 22.3 Å². The van der Waals surface area contributed by atoms with Gasteiger partial charge in [-0.3, -0.25) is 9.59 Å². The number of hydrogen-bond donors (Lipinski definition) is 5. The van der Waals surface area contributed by atoms with E-state index in [1.165, 1.54) is 12.2 Å². The molecule has 20 heavy (non-hydrogen) atoms. The molecule has 0 saturated heterocycles. The Labute approximate surface area is 122 Å². The summed E-state index contributed by atoms with van der Waals surface area (Å²) in [6, 6.07) is 3.75. The number of anilines is 2. The molecule has 1 atom stereocenters. The van der Waals surface area contributed by atoms with Gasteiger partial charge in [-0.1, -0.05) is 0 Å². The van der Waals surface area contributed by atoms with Gasteiger partial charge < -0.3 is 27.6 Å². The van der Waals surface area contributed by atoms with Crippen molar-refractivity contribution in [1.29, 1.82) is 0 Å². The maximum absolute atomic E-state index is 11.5. The summed E-state index contributed by atoms with van der Waals surface area (Å²) >= 11 is 0. The van der Waals surface area contributed by atoms with Gasteiger partial charge in [0.05, 0.1) is 6.61 Å². The summed E-state index contributed by atoms with van der Waals surface area (Å²) < 4.78 is 0. The SMILES string of the molecule is Cl.NC(=O)C(CO)NC(=O)C=Cc1cc(N)ccc1N. The maximum Gasteiger partial charge on any atom is 0.244 e. The molecule has 0 aliphatic heterocycles. The van der Waals surface area contributed by atoms with Crippen molar-refractivity contribution in [3.8, 4) is 0 Å². The highest BCUT2D eigenvalue weighted by atomic mass is 35.5. The van der Waals surface area contributed by atoms with Gasteiger partial charge in [-0.2, -0.15) is 0 Å². The van der Waals surface area contributed by atoms with Crippen molar-refractivity contribution in [1.82, 2.24) is 5.32 Å². The fraction of sp³-hybridized carbons (Fsp3) is 0.167. The van der Waals surface area contributed by atoms with E-state index in [-0.39, 0.29) is 12.4 Å². The van der Waals surface area contributed by atoms with Gasteiger partial charge in [-0.25, -0.2) is 0 Å². The standard InChI is InChI=1S/C12H16N4O3.ClH/c13-8-2-3-9(14)7(5-8)1-4-11(18)16-10(6-17)12(15)19;/h1-5,10,17H,6,13-14H2,(H2,15,19)(H,16,18);1H. The third-order valence-corrected chi connectivity index (χ3v) is 2.37. The molecule has 0 heterocycles. The van der Waals surface area contributed by atoms with Crippen LogP contribution in [-0.2, 0) is 9.59 Å². The lowest BCUT2D eigenvalue weighted by molar-refractivity contribution is -0.125.